The molecule has 1 aliphatic carbocycles. The van der Waals surface area contributed by atoms with E-state index in [9.17, 15) is 14.7 Å². The van der Waals surface area contributed by atoms with Gasteiger partial charge in [-0.1, -0.05) is 0 Å². The van der Waals surface area contributed by atoms with Crippen LogP contribution in [0.4, 0.5) is 4.79 Å². The van der Waals surface area contributed by atoms with Crippen LogP contribution >= 0.6 is 0 Å². The predicted octanol–water partition coefficient (Wildman–Crippen LogP) is 0.358. The smallest absolute Gasteiger partial charge is 0.326 e. The zero-order chi connectivity index (χ0) is 13.3. The van der Waals surface area contributed by atoms with Gasteiger partial charge in [0, 0.05) is 20.1 Å². The van der Waals surface area contributed by atoms with Crippen molar-refractivity contribution in [3.05, 3.63) is 0 Å². The monoisotopic (exact) mass is 256 g/mol. The first-order valence-electron chi connectivity index (χ1n) is 6.41. The maximum Gasteiger partial charge on any atom is 0.326 e. The summed E-state index contributed by atoms with van der Waals surface area (Å²) in [7, 11) is 1.70. The van der Waals surface area contributed by atoms with Crippen LogP contribution < -0.4 is 0 Å². The van der Waals surface area contributed by atoms with Crippen LogP contribution in [0.1, 0.15) is 25.7 Å². The third-order valence-electron chi connectivity index (χ3n) is 3.85. The molecule has 6 nitrogen and oxygen atoms in total. The van der Waals surface area contributed by atoms with Gasteiger partial charge in [0.2, 0.25) is 0 Å². The molecule has 1 heterocycles. The highest BCUT2D eigenvalue weighted by molar-refractivity contribution is 5.83. The van der Waals surface area contributed by atoms with Crippen LogP contribution in [-0.4, -0.2) is 64.3 Å². The second-order valence-electron chi connectivity index (χ2n) is 5.34. The van der Waals surface area contributed by atoms with E-state index in [0.717, 1.165) is 19.3 Å². The third-order valence-corrected chi connectivity index (χ3v) is 3.85. The van der Waals surface area contributed by atoms with Crippen LogP contribution in [0.15, 0.2) is 0 Å². The Bertz CT molecular complexity index is 341. The minimum absolute atomic E-state index is 0.207. The molecule has 1 saturated carbocycles. The van der Waals surface area contributed by atoms with E-state index in [1.807, 2.05) is 0 Å². The van der Waals surface area contributed by atoms with Crippen molar-refractivity contribution in [1.29, 1.82) is 0 Å². The Morgan fingerprint density at radius 3 is 2.61 bits per heavy atom. The number of carbonyl (C=O) groups is 2. The molecule has 2 aliphatic rings. The number of nitrogens with zero attached hydrogens (tertiary/aromatic N) is 2. The summed E-state index contributed by atoms with van der Waals surface area (Å²) in [5.41, 5.74) is 0. The number of hydrogen-bond acceptors (Lipinski definition) is 3. The maximum absolute atomic E-state index is 12.1. The number of aliphatic hydroxyl groups is 1. The largest absolute Gasteiger partial charge is 0.480 e. The summed E-state index contributed by atoms with van der Waals surface area (Å²) in [4.78, 5) is 26.2. The number of carbonyl (C=O) groups excluding carboxylic acids is 1. The molecule has 1 atom stereocenters. The van der Waals surface area contributed by atoms with E-state index in [4.69, 9.17) is 5.11 Å². The van der Waals surface area contributed by atoms with Gasteiger partial charge in [-0.15, -0.1) is 0 Å². The van der Waals surface area contributed by atoms with Crippen molar-refractivity contribution < 1.29 is 19.8 Å². The van der Waals surface area contributed by atoms with E-state index >= 15 is 0 Å². The molecule has 0 radical (unpaired) electrons. The van der Waals surface area contributed by atoms with Gasteiger partial charge < -0.3 is 20.0 Å². The first-order chi connectivity index (χ1) is 8.49. The molecule has 1 aliphatic heterocycles. The summed E-state index contributed by atoms with van der Waals surface area (Å²) < 4.78 is 0. The minimum atomic E-state index is -0.923. The lowest BCUT2D eigenvalue weighted by molar-refractivity contribution is -0.141. The van der Waals surface area contributed by atoms with Crippen LogP contribution in [0, 0.1) is 5.92 Å². The SMILES string of the molecule is CN(CC1CC(O)C1)C(=O)N1CCC[C@H]1C(=O)O. The van der Waals surface area contributed by atoms with Crippen LogP contribution in [0.2, 0.25) is 0 Å². The van der Waals surface area contributed by atoms with E-state index in [2.05, 4.69) is 0 Å². The van der Waals surface area contributed by atoms with Crippen LogP contribution in [-0.2, 0) is 4.79 Å². The average molecular weight is 256 g/mol. The molecule has 0 aromatic carbocycles. The van der Waals surface area contributed by atoms with Gasteiger partial charge in [-0.05, 0) is 31.6 Å². The van der Waals surface area contributed by atoms with E-state index in [-0.39, 0.29) is 12.1 Å². The Hall–Kier alpha value is -1.30. The van der Waals surface area contributed by atoms with E-state index in [0.29, 0.717) is 25.4 Å². The molecule has 18 heavy (non-hydrogen) atoms. The van der Waals surface area contributed by atoms with Crippen molar-refractivity contribution >= 4 is 12.0 Å². The number of rotatable bonds is 3. The molecule has 0 bridgehead atoms. The minimum Gasteiger partial charge on any atom is -0.480 e. The summed E-state index contributed by atoms with van der Waals surface area (Å²) in [5, 5.41) is 18.2. The fourth-order valence-corrected chi connectivity index (χ4v) is 2.79. The number of aliphatic hydroxyl groups excluding tert-OH is 1. The van der Waals surface area contributed by atoms with Gasteiger partial charge in [-0.2, -0.15) is 0 Å². The fourth-order valence-electron chi connectivity index (χ4n) is 2.79. The number of urea groups is 1. The molecule has 0 aromatic rings. The molecule has 1 saturated heterocycles. The zero-order valence-electron chi connectivity index (χ0n) is 10.6. The predicted molar refractivity (Wildman–Crippen MR) is 64.1 cm³/mol. The summed E-state index contributed by atoms with van der Waals surface area (Å²) in [6, 6.07) is -0.881. The summed E-state index contributed by atoms with van der Waals surface area (Å²) in [6.07, 6.45) is 2.53. The number of carboxylic acids is 1. The van der Waals surface area contributed by atoms with Crippen LogP contribution in [0.5, 0.6) is 0 Å². The van der Waals surface area contributed by atoms with Gasteiger partial charge in [0.1, 0.15) is 6.04 Å². The Labute approximate surface area is 106 Å². The maximum atomic E-state index is 12.1. The molecule has 2 fully saturated rings. The highest BCUT2D eigenvalue weighted by atomic mass is 16.4. The molecular formula is C12H20N2O4. The molecule has 0 spiro atoms. The Morgan fingerprint density at radius 1 is 1.39 bits per heavy atom. The molecular weight excluding hydrogens is 236 g/mol. The molecule has 2 N–H and O–H groups in total. The lowest BCUT2D eigenvalue weighted by Gasteiger charge is -2.36. The molecule has 6 heteroatoms. The second kappa shape index (κ2) is 5.14. The topological polar surface area (TPSA) is 81.1 Å². The normalized spacial score (nSPS) is 31.0. The first-order valence-corrected chi connectivity index (χ1v) is 6.41. The van der Waals surface area contributed by atoms with Crippen molar-refractivity contribution in [2.24, 2.45) is 5.92 Å². The second-order valence-corrected chi connectivity index (χ2v) is 5.34. The fraction of sp³-hybridized carbons (Fsp3) is 0.833. The lowest BCUT2D eigenvalue weighted by atomic mass is 9.82. The van der Waals surface area contributed by atoms with Gasteiger partial charge in [0.25, 0.3) is 0 Å². The van der Waals surface area contributed by atoms with Crippen LogP contribution in [0.25, 0.3) is 0 Å². The van der Waals surface area contributed by atoms with Crippen molar-refractivity contribution in [2.45, 2.75) is 37.8 Å². The Morgan fingerprint density at radius 2 is 2.06 bits per heavy atom. The third kappa shape index (κ3) is 2.58. The summed E-state index contributed by atoms with van der Waals surface area (Å²) in [5.74, 6) is -0.576. The number of carboxylic acid groups (broad SMARTS) is 1. The highest BCUT2D eigenvalue weighted by Crippen LogP contribution is 2.28. The number of amides is 2. The number of aliphatic carboxylic acids is 1. The summed E-state index contributed by atoms with van der Waals surface area (Å²) in [6.45, 7) is 1.12. The highest BCUT2D eigenvalue weighted by Gasteiger charge is 2.36. The summed E-state index contributed by atoms with van der Waals surface area (Å²) >= 11 is 0. The van der Waals surface area contributed by atoms with Crippen molar-refractivity contribution in [3.63, 3.8) is 0 Å². The van der Waals surface area contributed by atoms with Gasteiger partial charge in [-0.3, -0.25) is 0 Å². The van der Waals surface area contributed by atoms with Crippen molar-refractivity contribution in [1.82, 2.24) is 9.80 Å². The standard InChI is InChI=1S/C12H20N2O4/c1-13(7-8-5-9(15)6-8)12(18)14-4-2-3-10(14)11(16)17/h8-10,15H,2-7H2,1H3,(H,16,17)/t8?,9?,10-/m0/s1. The molecule has 2 rings (SSSR count). The average Bonchev–Trinajstić information content (AvgIpc) is 2.74. The van der Waals surface area contributed by atoms with Gasteiger partial charge in [-0.25, -0.2) is 9.59 Å². The zero-order valence-corrected chi connectivity index (χ0v) is 10.6. The number of likely N-dealkylation sites (tertiary alicyclic amines) is 1. The Kier molecular flexibility index (Phi) is 3.75. The van der Waals surface area contributed by atoms with Crippen molar-refractivity contribution in [3.8, 4) is 0 Å². The quantitative estimate of drug-likeness (QED) is 0.764. The molecule has 0 aromatic heterocycles. The van der Waals surface area contributed by atoms with Crippen LogP contribution in [0.3, 0.4) is 0 Å². The van der Waals surface area contributed by atoms with Gasteiger partial charge in [0.05, 0.1) is 6.10 Å². The van der Waals surface area contributed by atoms with E-state index in [1.165, 1.54) is 4.90 Å². The number of hydrogen-bond donors (Lipinski definition) is 2. The first kappa shape index (κ1) is 13.1. The van der Waals surface area contributed by atoms with Crippen molar-refractivity contribution in [2.75, 3.05) is 20.1 Å². The van der Waals surface area contributed by atoms with E-state index in [1.54, 1.807) is 11.9 Å². The molecule has 102 valence electrons. The van der Waals surface area contributed by atoms with E-state index < -0.39 is 12.0 Å². The lowest BCUT2D eigenvalue weighted by Crippen LogP contribution is -2.49. The molecule has 0 unspecified atom stereocenters. The van der Waals surface area contributed by atoms with Gasteiger partial charge >= 0.3 is 12.0 Å². The van der Waals surface area contributed by atoms with Gasteiger partial charge in [0.15, 0.2) is 0 Å². The Balaban J connectivity index is 1.87. The molecule has 2 amide bonds.